The van der Waals surface area contributed by atoms with E-state index in [0.29, 0.717) is 12.8 Å². The van der Waals surface area contributed by atoms with Crippen LogP contribution in [0.1, 0.15) is 19.3 Å². The van der Waals surface area contributed by atoms with Gasteiger partial charge in [-0.05, 0) is 12.8 Å². The van der Waals surface area contributed by atoms with E-state index in [9.17, 15) is 25.5 Å². The van der Waals surface area contributed by atoms with E-state index in [-0.39, 0.29) is 25.1 Å². The Morgan fingerprint density at radius 2 is 1.74 bits per heavy atom. The molecule has 112 valence electrons. The van der Waals surface area contributed by atoms with Crippen LogP contribution >= 0.6 is 0 Å². The van der Waals surface area contributed by atoms with Crippen LogP contribution in [0.2, 0.25) is 0 Å². The lowest BCUT2D eigenvalue weighted by atomic mass is 9.98. The summed E-state index contributed by atoms with van der Waals surface area (Å²) in [5, 5.41) is 57.4. The summed E-state index contributed by atoms with van der Waals surface area (Å²) in [5.41, 5.74) is 0. The van der Waals surface area contributed by atoms with E-state index in [1.165, 1.54) is 0 Å². The highest BCUT2D eigenvalue weighted by Gasteiger charge is 2.54. The second-order valence-electron chi connectivity index (χ2n) is 5.53. The first-order valence-corrected chi connectivity index (χ1v) is 6.72. The Hall–Kier alpha value is -0.280. The third-order valence-corrected chi connectivity index (χ3v) is 4.40. The second-order valence-corrected chi connectivity index (χ2v) is 5.53. The molecule has 0 bridgehead atoms. The number of hydrogen-bond donors (Lipinski definition) is 6. The molecule has 7 nitrogen and oxygen atoms in total. The fourth-order valence-corrected chi connectivity index (χ4v) is 3.46. The molecule has 0 radical (unpaired) electrons. The van der Waals surface area contributed by atoms with Crippen LogP contribution in [0.25, 0.3) is 0 Å². The lowest BCUT2D eigenvalue weighted by Crippen LogP contribution is -2.49. The fourth-order valence-electron chi connectivity index (χ4n) is 3.46. The van der Waals surface area contributed by atoms with Crippen molar-refractivity contribution >= 4 is 0 Å². The number of rotatable bonds is 5. The number of aliphatic hydroxyl groups is 6. The molecule has 2 fully saturated rings. The summed E-state index contributed by atoms with van der Waals surface area (Å²) in [6.45, 7) is -0.706. The molecule has 6 N–H and O–H groups in total. The van der Waals surface area contributed by atoms with E-state index in [2.05, 4.69) is 0 Å². The maximum Gasteiger partial charge on any atom is 0.0991 e. The van der Waals surface area contributed by atoms with E-state index in [4.69, 9.17) is 5.11 Å². The highest BCUT2D eigenvalue weighted by molar-refractivity contribution is 5.08. The molecule has 0 aromatic heterocycles. The van der Waals surface area contributed by atoms with Gasteiger partial charge in [0.25, 0.3) is 0 Å². The SMILES string of the molecule is OCC(O)CC(O)[C@H]1CC[C@@H]2[C@H](O)[C@H](O)[C@@H](CO)N12. The first kappa shape index (κ1) is 15.1. The van der Waals surface area contributed by atoms with Gasteiger partial charge in [0.2, 0.25) is 0 Å². The predicted octanol–water partition coefficient (Wildman–Crippen LogP) is -2.98. The van der Waals surface area contributed by atoms with Gasteiger partial charge < -0.3 is 30.6 Å². The van der Waals surface area contributed by atoms with Gasteiger partial charge >= 0.3 is 0 Å². The van der Waals surface area contributed by atoms with E-state index in [0.717, 1.165) is 0 Å². The Morgan fingerprint density at radius 3 is 2.32 bits per heavy atom. The monoisotopic (exact) mass is 277 g/mol. The van der Waals surface area contributed by atoms with Gasteiger partial charge in [0.1, 0.15) is 0 Å². The zero-order chi connectivity index (χ0) is 14.2. The molecular weight excluding hydrogens is 254 g/mol. The normalized spacial score (nSPS) is 42.3. The first-order valence-electron chi connectivity index (χ1n) is 6.72. The van der Waals surface area contributed by atoms with Crippen molar-refractivity contribution in [3.05, 3.63) is 0 Å². The van der Waals surface area contributed by atoms with Gasteiger partial charge in [-0.2, -0.15) is 0 Å². The molecule has 0 aromatic rings. The summed E-state index contributed by atoms with van der Waals surface area (Å²) < 4.78 is 0. The first-order chi connectivity index (χ1) is 9.01. The van der Waals surface area contributed by atoms with Crippen LogP contribution < -0.4 is 0 Å². The molecule has 2 aliphatic heterocycles. The largest absolute Gasteiger partial charge is 0.395 e. The topological polar surface area (TPSA) is 125 Å². The van der Waals surface area contributed by atoms with Crippen LogP contribution in [0.5, 0.6) is 0 Å². The Balaban J connectivity index is 2.07. The van der Waals surface area contributed by atoms with Gasteiger partial charge in [0, 0.05) is 18.5 Å². The third-order valence-electron chi connectivity index (χ3n) is 4.40. The Labute approximate surface area is 111 Å². The minimum Gasteiger partial charge on any atom is -0.395 e. The van der Waals surface area contributed by atoms with Crippen molar-refractivity contribution in [1.29, 1.82) is 0 Å². The zero-order valence-corrected chi connectivity index (χ0v) is 10.7. The summed E-state index contributed by atoms with van der Waals surface area (Å²) in [6.07, 6.45) is -2.49. The maximum atomic E-state index is 10.1. The summed E-state index contributed by atoms with van der Waals surface area (Å²) in [6, 6.07) is -1.18. The van der Waals surface area contributed by atoms with Crippen molar-refractivity contribution in [2.75, 3.05) is 13.2 Å². The molecule has 2 heterocycles. The quantitative estimate of drug-likeness (QED) is 0.317. The number of aliphatic hydroxyl groups excluding tert-OH is 6. The van der Waals surface area contributed by atoms with Crippen LogP contribution in [0.4, 0.5) is 0 Å². The van der Waals surface area contributed by atoms with E-state index in [1.807, 2.05) is 0 Å². The lowest BCUT2D eigenvalue weighted by molar-refractivity contribution is -0.0210. The predicted molar refractivity (Wildman–Crippen MR) is 65.3 cm³/mol. The van der Waals surface area contributed by atoms with Crippen LogP contribution in [0, 0.1) is 0 Å². The number of hydrogen-bond acceptors (Lipinski definition) is 7. The average Bonchev–Trinajstić information content (AvgIpc) is 2.91. The van der Waals surface area contributed by atoms with E-state index < -0.39 is 37.1 Å². The zero-order valence-electron chi connectivity index (χ0n) is 10.7. The van der Waals surface area contributed by atoms with Gasteiger partial charge in [0.05, 0.1) is 43.7 Å². The van der Waals surface area contributed by atoms with Gasteiger partial charge in [-0.25, -0.2) is 0 Å². The van der Waals surface area contributed by atoms with E-state index >= 15 is 0 Å². The average molecular weight is 277 g/mol. The molecule has 0 aliphatic carbocycles. The molecule has 0 amide bonds. The molecule has 19 heavy (non-hydrogen) atoms. The Bertz CT molecular complexity index is 302. The van der Waals surface area contributed by atoms with Crippen LogP contribution in [0.3, 0.4) is 0 Å². The second kappa shape index (κ2) is 6.01. The molecule has 0 saturated carbocycles. The van der Waals surface area contributed by atoms with Crippen molar-refractivity contribution in [1.82, 2.24) is 4.90 Å². The van der Waals surface area contributed by atoms with Crippen molar-refractivity contribution in [3.8, 4) is 0 Å². The summed E-state index contributed by atoms with van der Waals surface area (Å²) in [5.74, 6) is 0. The van der Waals surface area contributed by atoms with Crippen molar-refractivity contribution in [2.24, 2.45) is 0 Å². The molecular formula is C12H23NO6. The minimum atomic E-state index is -1.02. The van der Waals surface area contributed by atoms with Gasteiger partial charge in [-0.15, -0.1) is 0 Å². The molecule has 2 saturated heterocycles. The van der Waals surface area contributed by atoms with Crippen LogP contribution in [-0.4, -0.2) is 91.3 Å². The molecule has 0 aromatic carbocycles. The molecule has 0 spiro atoms. The van der Waals surface area contributed by atoms with Crippen molar-refractivity contribution in [2.45, 2.75) is 61.8 Å². The van der Waals surface area contributed by atoms with E-state index in [1.54, 1.807) is 4.90 Å². The molecule has 2 rings (SSSR count). The minimum absolute atomic E-state index is 0.0364. The Morgan fingerprint density at radius 1 is 1.05 bits per heavy atom. The van der Waals surface area contributed by atoms with Gasteiger partial charge in [-0.3, -0.25) is 4.90 Å². The molecule has 7 heteroatoms. The third kappa shape index (κ3) is 2.64. The summed E-state index contributed by atoms with van der Waals surface area (Å²) >= 11 is 0. The number of fused-ring (bicyclic) bond motifs is 1. The van der Waals surface area contributed by atoms with Gasteiger partial charge in [0.15, 0.2) is 0 Å². The fraction of sp³-hybridized carbons (Fsp3) is 1.00. The van der Waals surface area contributed by atoms with Crippen LogP contribution in [-0.2, 0) is 0 Å². The number of nitrogens with zero attached hydrogens (tertiary/aromatic N) is 1. The smallest absolute Gasteiger partial charge is 0.0991 e. The van der Waals surface area contributed by atoms with Crippen molar-refractivity contribution < 1.29 is 30.6 Å². The molecule has 2 unspecified atom stereocenters. The standard InChI is InChI=1S/C12H23NO6/c14-4-6(16)3-10(17)7-1-2-8-11(18)12(19)9(5-15)13(7)8/h6-12,14-19H,1-5H2/t6?,7-,8-,9-,10?,11+,12-/m1/s1. The summed E-state index contributed by atoms with van der Waals surface area (Å²) in [7, 11) is 0. The summed E-state index contributed by atoms with van der Waals surface area (Å²) in [4.78, 5) is 1.77. The van der Waals surface area contributed by atoms with Gasteiger partial charge in [-0.1, -0.05) is 0 Å². The highest BCUT2D eigenvalue weighted by atomic mass is 16.3. The lowest BCUT2D eigenvalue weighted by Gasteiger charge is -2.33. The molecule has 7 atom stereocenters. The molecule has 2 aliphatic rings. The van der Waals surface area contributed by atoms with Crippen LogP contribution in [0.15, 0.2) is 0 Å². The maximum absolute atomic E-state index is 10.1. The Kier molecular flexibility index (Phi) is 4.78. The van der Waals surface area contributed by atoms with Crippen molar-refractivity contribution in [3.63, 3.8) is 0 Å². The highest BCUT2D eigenvalue weighted by Crippen LogP contribution is 2.38.